The lowest BCUT2D eigenvalue weighted by molar-refractivity contribution is -0.398. The average molecular weight is 761 g/mol. The van der Waals surface area contributed by atoms with Crippen molar-refractivity contribution >= 4 is 11.0 Å². The summed E-state index contributed by atoms with van der Waals surface area (Å²) in [7, 11) is 0. The lowest BCUT2D eigenvalue weighted by atomic mass is 9.99. The first kappa shape index (κ1) is 38.8. The van der Waals surface area contributed by atoms with E-state index in [1.54, 1.807) is 0 Å². The third-order valence-electron chi connectivity index (χ3n) is 8.84. The SMILES string of the molecule is O=c1c(O[C@@H]2O[C@H](CO[C@@H]3O[C@@H](O)C(OC4O[C@@H](O)[C@H](O)[C@@H](O)[C@H]4O)[C@@H](O)[C@H]3O)[C@@H](O)[C@H](O)[C@H]2O)c(-c2ccc(O)c(O)c2)oc2cc(O)cc(O)c12. The average Bonchev–Trinajstić information content (AvgIpc) is 3.11. The van der Waals surface area contributed by atoms with Crippen LogP contribution in [0.25, 0.3) is 22.3 Å². The number of phenols is 4. The Morgan fingerprint density at radius 1 is 0.604 bits per heavy atom. The highest BCUT2D eigenvalue weighted by Gasteiger charge is 2.52. The molecular weight excluding hydrogens is 724 g/mol. The summed E-state index contributed by atoms with van der Waals surface area (Å²) in [6.45, 7) is -0.830. The van der Waals surface area contributed by atoms with Gasteiger partial charge in [-0.15, -0.1) is 0 Å². The van der Waals surface area contributed by atoms with E-state index in [-0.39, 0.29) is 11.1 Å². The second kappa shape index (κ2) is 15.1. The second-order valence-corrected chi connectivity index (χ2v) is 12.4. The van der Waals surface area contributed by atoms with E-state index < -0.39 is 144 Å². The minimum atomic E-state index is -2.14. The van der Waals surface area contributed by atoms with Gasteiger partial charge in [0.1, 0.15) is 83.5 Å². The van der Waals surface area contributed by atoms with Crippen LogP contribution in [0, 0.1) is 0 Å². The molecule has 292 valence electrons. The zero-order chi connectivity index (χ0) is 38.6. The van der Waals surface area contributed by atoms with Crippen LogP contribution < -0.4 is 10.2 Å². The lowest BCUT2D eigenvalue weighted by Gasteiger charge is -2.45. The van der Waals surface area contributed by atoms with Gasteiger partial charge in [0.25, 0.3) is 0 Å². The first-order valence-electron chi connectivity index (χ1n) is 15.7. The van der Waals surface area contributed by atoms with Gasteiger partial charge in [-0.2, -0.15) is 0 Å². The van der Waals surface area contributed by atoms with Gasteiger partial charge in [0, 0.05) is 17.7 Å². The molecule has 3 aromatic rings. The van der Waals surface area contributed by atoms with Crippen molar-refractivity contribution in [1.29, 1.82) is 0 Å². The maximum Gasteiger partial charge on any atom is 0.239 e. The van der Waals surface area contributed by atoms with Crippen LogP contribution in [0.2, 0.25) is 0 Å². The van der Waals surface area contributed by atoms with Crippen molar-refractivity contribution in [1.82, 2.24) is 0 Å². The molecule has 0 spiro atoms. The van der Waals surface area contributed by atoms with Crippen molar-refractivity contribution in [2.75, 3.05) is 6.61 Å². The molecule has 3 fully saturated rings. The monoisotopic (exact) mass is 760 g/mol. The summed E-state index contributed by atoms with van der Waals surface area (Å²) in [5, 5.41) is 143. The highest BCUT2D eigenvalue weighted by atomic mass is 16.8. The van der Waals surface area contributed by atoms with E-state index in [1.807, 2.05) is 0 Å². The fraction of sp³-hybridized carbons (Fsp3) is 0.516. The summed E-state index contributed by atoms with van der Waals surface area (Å²) in [5.41, 5.74) is -1.55. The van der Waals surface area contributed by atoms with Crippen molar-refractivity contribution in [2.24, 2.45) is 0 Å². The van der Waals surface area contributed by atoms with E-state index in [2.05, 4.69) is 0 Å². The van der Waals surface area contributed by atoms with Crippen molar-refractivity contribution < 1.29 is 104 Å². The number of ether oxygens (including phenoxy) is 6. The Balaban J connectivity index is 1.20. The van der Waals surface area contributed by atoms with Gasteiger partial charge in [-0.1, -0.05) is 0 Å². The van der Waals surface area contributed by atoms with Crippen molar-refractivity contribution in [3.63, 3.8) is 0 Å². The van der Waals surface area contributed by atoms with Gasteiger partial charge in [-0.25, -0.2) is 0 Å². The second-order valence-electron chi connectivity index (χ2n) is 12.4. The summed E-state index contributed by atoms with van der Waals surface area (Å²) in [4.78, 5) is 13.7. The number of hydrogen-bond acceptors (Lipinski definition) is 22. The highest BCUT2D eigenvalue weighted by Crippen LogP contribution is 2.39. The molecule has 1 aromatic heterocycles. The zero-order valence-corrected chi connectivity index (χ0v) is 26.8. The smallest absolute Gasteiger partial charge is 0.239 e. The zero-order valence-electron chi connectivity index (χ0n) is 26.8. The van der Waals surface area contributed by atoms with Crippen LogP contribution in [0.15, 0.2) is 39.5 Å². The molecule has 3 aliphatic heterocycles. The first-order valence-corrected chi connectivity index (χ1v) is 15.7. The van der Waals surface area contributed by atoms with Crippen LogP contribution in [0.1, 0.15) is 0 Å². The lowest BCUT2D eigenvalue weighted by Crippen LogP contribution is -2.64. The van der Waals surface area contributed by atoms with Crippen molar-refractivity contribution in [2.45, 2.75) is 92.5 Å². The summed E-state index contributed by atoms with van der Waals surface area (Å²) in [5.74, 6) is -3.70. The van der Waals surface area contributed by atoms with Crippen LogP contribution >= 0.6 is 0 Å². The molecule has 53 heavy (non-hydrogen) atoms. The number of fused-ring (bicyclic) bond motifs is 1. The van der Waals surface area contributed by atoms with E-state index >= 15 is 0 Å². The normalized spacial score (nSPS) is 37.8. The predicted octanol–water partition coefficient (Wildman–Crippen LogP) is -4.98. The largest absolute Gasteiger partial charge is 0.508 e. The molecule has 0 radical (unpaired) electrons. The maximum absolute atomic E-state index is 13.7. The molecule has 0 amide bonds. The van der Waals surface area contributed by atoms with Crippen LogP contribution in [-0.2, 0) is 23.7 Å². The van der Waals surface area contributed by atoms with E-state index in [1.165, 1.54) is 6.07 Å². The van der Waals surface area contributed by atoms with Gasteiger partial charge in [0.2, 0.25) is 17.5 Å². The molecule has 6 rings (SSSR count). The minimum absolute atomic E-state index is 0.0970. The molecule has 0 aliphatic carbocycles. The van der Waals surface area contributed by atoms with Crippen LogP contribution in [0.3, 0.4) is 0 Å². The molecular formula is C31H36O22. The fourth-order valence-corrected chi connectivity index (χ4v) is 5.89. The minimum Gasteiger partial charge on any atom is -0.508 e. The standard InChI is InChI=1S/C31H36O22/c32-8-4-11(35)14-12(5-8)48-24(7-1-2-9(33)10(34)3-7)25(16(14)37)50-30-21(42)17(38)15(36)13(49-30)6-47-29-23(44)19(40)26(28(46)53-29)51-31-22(43)18(39)20(41)27(45)52-31/h1-5,13,15,17-23,26-36,38-46H,6H2/t13-,15-,17+,18-,19+,20-,21-,22-,23-,26?,27-,28-,29-,30+,31?/m1/s1. The topological polar surface area (TPSA) is 369 Å². The molecule has 3 aliphatic rings. The van der Waals surface area contributed by atoms with Crippen molar-refractivity contribution in [3.8, 4) is 40.1 Å². The number of aromatic hydroxyl groups is 4. The molecule has 2 unspecified atom stereocenters. The van der Waals surface area contributed by atoms with Gasteiger partial charge >= 0.3 is 0 Å². The molecule has 0 saturated carbocycles. The number of aliphatic hydroxyl groups excluding tert-OH is 10. The molecule has 4 heterocycles. The molecule has 2 aromatic carbocycles. The summed E-state index contributed by atoms with van der Waals surface area (Å²) >= 11 is 0. The number of hydrogen-bond donors (Lipinski definition) is 14. The number of rotatable bonds is 8. The molecule has 22 nitrogen and oxygen atoms in total. The first-order chi connectivity index (χ1) is 25.0. The van der Waals surface area contributed by atoms with E-state index in [4.69, 9.17) is 32.8 Å². The number of aliphatic hydroxyl groups is 10. The molecule has 15 atom stereocenters. The summed E-state index contributed by atoms with van der Waals surface area (Å²) < 4.78 is 37.6. The Morgan fingerprint density at radius 2 is 1.25 bits per heavy atom. The Hall–Kier alpha value is -3.95. The quantitative estimate of drug-likeness (QED) is 0.0956. The molecule has 3 saturated heterocycles. The Labute approximate surface area is 295 Å². The van der Waals surface area contributed by atoms with Crippen LogP contribution in [0.5, 0.6) is 28.7 Å². The van der Waals surface area contributed by atoms with Crippen LogP contribution in [-0.4, -0.2) is 171 Å². The van der Waals surface area contributed by atoms with Crippen molar-refractivity contribution in [3.05, 3.63) is 40.6 Å². The Morgan fingerprint density at radius 3 is 1.94 bits per heavy atom. The fourth-order valence-electron chi connectivity index (χ4n) is 5.89. The number of benzene rings is 2. The van der Waals surface area contributed by atoms with Gasteiger partial charge in [-0.3, -0.25) is 4.79 Å². The molecule has 0 bridgehead atoms. The van der Waals surface area contributed by atoms with E-state index in [0.717, 1.165) is 24.3 Å². The maximum atomic E-state index is 13.7. The van der Waals surface area contributed by atoms with Crippen LogP contribution in [0.4, 0.5) is 0 Å². The van der Waals surface area contributed by atoms with E-state index in [0.29, 0.717) is 0 Å². The van der Waals surface area contributed by atoms with Gasteiger partial charge in [-0.05, 0) is 18.2 Å². The molecule has 14 N–H and O–H groups in total. The predicted molar refractivity (Wildman–Crippen MR) is 165 cm³/mol. The molecule has 22 heteroatoms. The van der Waals surface area contributed by atoms with Gasteiger partial charge in [0.15, 0.2) is 42.4 Å². The Bertz CT molecular complexity index is 1840. The number of phenolic OH excluding ortho intramolecular Hbond substituents is 4. The summed E-state index contributed by atoms with van der Waals surface area (Å²) in [6.07, 6.45) is -29.7. The van der Waals surface area contributed by atoms with Gasteiger partial charge in [0.05, 0.1) is 6.61 Å². The third-order valence-corrected chi connectivity index (χ3v) is 8.84. The van der Waals surface area contributed by atoms with E-state index in [9.17, 15) is 76.3 Å². The third kappa shape index (κ3) is 7.31. The summed E-state index contributed by atoms with van der Waals surface area (Å²) in [6, 6.07) is 5.01. The highest BCUT2D eigenvalue weighted by molar-refractivity contribution is 5.88. The Kier molecular flexibility index (Phi) is 11.0. The van der Waals surface area contributed by atoms with Gasteiger partial charge < -0.3 is 104 Å².